The highest BCUT2D eigenvalue weighted by molar-refractivity contribution is 14.1. The van der Waals surface area contributed by atoms with Crippen LogP contribution in [0.25, 0.3) is 0 Å². The van der Waals surface area contributed by atoms with Crippen LogP contribution in [0.2, 0.25) is 5.02 Å². The lowest BCUT2D eigenvalue weighted by Crippen LogP contribution is -2.02. The van der Waals surface area contributed by atoms with Gasteiger partial charge in [0, 0.05) is 9.26 Å². The third kappa shape index (κ3) is 3.30. The van der Waals surface area contributed by atoms with E-state index < -0.39 is 5.97 Å². The van der Waals surface area contributed by atoms with E-state index in [1.165, 1.54) is 12.1 Å². The molecule has 19 heavy (non-hydrogen) atoms. The minimum atomic E-state index is -1.14. The Bertz CT molecular complexity index is 629. The Morgan fingerprint density at radius 2 is 1.89 bits per heavy atom. The van der Waals surface area contributed by atoms with Crippen molar-refractivity contribution >= 4 is 45.8 Å². The van der Waals surface area contributed by atoms with Crippen LogP contribution in [0.15, 0.2) is 36.4 Å². The SMILES string of the molecule is Nc1cc(Cl)c(Oc2ccc(I)cc2)c(C(=O)O)c1. The number of halogens is 2. The normalized spacial score (nSPS) is 10.2. The summed E-state index contributed by atoms with van der Waals surface area (Å²) in [5, 5.41) is 9.30. The lowest BCUT2D eigenvalue weighted by atomic mass is 10.2. The smallest absolute Gasteiger partial charge is 0.339 e. The summed E-state index contributed by atoms with van der Waals surface area (Å²) in [5.41, 5.74) is 5.78. The lowest BCUT2D eigenvalue weighted by Gasteiger charge is -2.11. The third-order valence-corrected chi connectivity index (χ3v) is 3.33. The van der Waals surface area contributed by atoms with Crippen LogP contribution in [0.5, 0.6) is 11.5 Å². The van der Waals surface area contributed by atoms with Crippen molar-refractivity contribution in [3.63, 3.8) is 0 Å². The molecule has 0 radical (unpaired) electrons. The second kappa shape index (κ2) is 5.66. The second-order valence-corrected chi connectivity index (χ2v) is 5.39. The van der Waals surface area contributed by atoms with Gasteiger partial charge in [-0.3, -0.25) is 0 Å². The molecule has 0 atom stereocenters. The Balaban J connectivity index is 2.44. The molecule has 2 aromatic rings. The van der Waals surface area contributed by atoms with Crippen molar-refractivity contribution < 1.29 is 14.6 Å². The topological polar surface area (TPSA) is 72.5 Å². The van der Waals surface area contributed by atoms with E-state index in [0.29, 0.717) is 5.75 Å². The summed E-state index contributed by atoms with van der Waals surface area (Å²) in [6.45, 7) is 0. The number of aromatic carboxylic acids is 1. The third-order valence-electron chi connectivity index (χ3n) is 2.33. The van der Waals surface area contributed by atoms with Crippen LogP contribution < -0.4 is 10.5 Å². The van der Waals surface area contributed by atoms with Gasteiger partial charge < -0.3 is 15.6 Å². The number of anilines is 1. The number of carboxylic acids is 1. The van der Waals surface area contributed by atoms with Crippen LogP contribution in [0.3, 0.4) is 0 Å². The minimum Gasteiger partial charge on any atom is -0.478 e. The van der Waals surface area contributed by atoms with Crippen molar-refractivity contribution in [2.45, 2.75) is 0 Å². The number of hydrogen-bond donors (Lipinski definition) is 2. The molecular formula is C13H9ClINO3. The van der Waals surface area contributed by atoms with E-state index in [2.05, 4.69) is 22.6 Å². The van der Waals surface area contributed by atoms with Crippen molar-refractivity contribution in [1.82, 2.24) is 0 Å². The Morgan fingerprint density at radius 1 is 1.26 bits per heavy atom. The molecule has 0 unspecified atom stereocenters. The summed E-state index contributed by atoms with van der Waals surface area (Å²) in [6.07, 6.45) is 0. The van der Waals surface area contributed by atoms with Crippen molar-refractivity contribution in [3.8, 4) is 11.5 Å². The zero-order chi connectivity index (χ0) is 14.0. The van der Waals surface area contributed by atoms with E-state index in [9.17, 15) is 4.79 Å². The highest BCUT2D eigenvalue weighted by atomic mass is 127. The van der Waals surface area contributed by atoms with E-state index >= 15 is 0 Å². The molecule has 6 heteroatoms. The molecule has 0 saturated carbocycles. The predicted octanol–water partition coefficient (Wildman–Crippen LogP) is 4.02. The highest BCUT2D eigenvalue weighted by Crippen LogP contribution is 2.35. The summed E-state index contributed by atoms with van der Waals surface area (Å²) in [6, 6.07) is 9.94. The van der Waals surface area contributed by atoms with Crippen LogP contribution in [0, 0.1) is 3.57 Å². The van der Waals surface area contributed by atoms with E-state index in [1.807, 2.05) is 12.1 Å². The van der Waals surface area contributed by atoms with Gasteiger partial charge in [0.2, 0.25) is 0 Å². The van der Waals surface area contributed by atoms with Crippen LogP contribution in [0.4, 0.5) is 5.69 Å². The molecule has 0 saturated heterocycles. The fourth-order valence-corrected chi connectivity index (χ4v) is 2.12. The molecule has 0 aliphatic carbocycles. The van der Waals surface area contributed by atoms with Gasteiger partial charge in [0.05, 0.1) is 5.02 Å². The standard InChI is InChI=1S/C13H9ClINO3/c14-11-6-8(16)5-10(13(17)18)12(11)19-9-3-1-7(15)2-4-9/h1-6H,16H2,(H,17,18). The van der Waals surface area contributed by atoms with Gasteiger partial charge in [-0.05, 0) is 59.0 Å². The quantitative estimate of drug-likeness (QED) is 0.614. The van der Waals surface area contributed by atoms with Gasteiger partial charge in [0.1, 0.15) is 11.3 Å². The van der Waals surface area contributed by atoms with Crippen LogP contribution in [-0.4, -0.2) is 11.1 Å². The summed E-state index contributed by atoms with van der Waals surface area (Å²) >= 11 is 8.15. The van der Waals surface area contributed by atoms with Gasteiger partial charge >= 0.3 is 5.97 Å². The molecule has 98 valence electrons. The van der Waals surface area contributed by atoms with Gasteiger partial charge in [0.15, 0.2) is 5.75 Å². The first-order valence-corrected chi connectivity index (χ1v) is 6.69. The molecule has 0 fully saturated rings. The van der Waals surface area contributed by atoms with Crippen LogP contribution >= 0.6 is 34.2 Å². The Morgan fingerprint density at radius 3 is 2.47 bits per heavy atom. The second-order valence-electron chi connectivity index (χ2n) is 3.74. The van der Waals surface area contributed by atoms with E-state index in [1.54, 1.807) is 12.1 Å². The number of carboxylic acid groups (broad SMARTS) is 1. The molecule has 0 spiro atoms. The average Bonchev–Trinajstić information content (AvgIpc) is 2.34. The van der Waals surface area contributed by atoms with Crippen LogP contribution in [-0.2, 0) is 0 Å². The molecule has 0 heterocycles. The molecule has 0 bridgehead atoms. The van der Waals surface area contributed by atoms with E-state index in [0.717, 1.165) is 3.57 Å². The molecule has 0 aliphatic heterocycles. The molecule has 4 nitrogen and oxygen atoms in total. The summed E-state index contributed by atoms with van der Waals surface area (Å²) < 4.78 is 6.59. The van der Waals surface area contributed by atoms with Gasteiger partial charge in [-0.15, -0.1) is 0 Å². The van der Waals surface area contributed by atoms with Gasteiger partial charge in [-0.2, -0.15) is 0 Å². The summed E-state index contributed by atoms with van der Waals surface area (Å²) in [7, 11) is 0. The number of rotatable bonds is 3. The fraction of sp³-hybridized carbons (Fsp3) is 0. The molecule has 2 rings (SSSR count). The molecule has 2 aromatic carbocycles. The Hall–Kier alpha value is -1.47. The summed E-state index contributed by atoms with van der Waals surface area (Å²) in [4.78, 5) is 11.2. The van der Waals surface area contributed by atoms with Crippen molar-refractivity contribution in [2.75, 3.05) is 5.73 Å². The highest BCUT2D eigenvalue weighted by Gasteiger charge is 2.17. The van der Waals surface area contributed by atoms with Crippen molar-refractivity contribution in [1.29, 1.82) is 0 Å². The van der Waals surface area contributed by atoms with E-state index in [-0.39, 0.29) is 22.0 Å². The van der Waals surface area contributed by atoms with Crippen molar-refractivity contribution in [2.24, 2.45) is 0 Å². The first-order valence-electron chi connectivity index (χ1n) is 5.23. The predicted molar refractivity (Wildman–Crippen MR) is 82.1 cm³/mol. The maximum atomic E-state index is 11.2. The molecule has 3 N–H and O–H groups in total. The zero-order valence-corrected chi connectivity index (χ0v) is 12.5. The molecule has 0 aromatic heterocycles. The van der Waals surface area contributed by atoms with Gasteiger partial charge in [0.25, 0.3) is 0 Å². The monoisotopic (exact) mass is 389 g/mol. The van der Waals surface area contributed by atoms with E-state index in [4.69, 9.17) is 27.2 Å². The van der Waals surface area contributed by atoms with Crippen LogP contribution in [0.1, 0.15) is 10.4 Å². The van der Waals surface area contributed by atoms with Gasteiger partial charge in [-0.1, -0.05) is 11.6 Å². The Kier molecular flexibility index (Phi) is 4.16. The number of carbonyl (C=O) groups is 1. The van der Waals surface area contributed by atoms with Crippen molar-refractivity contribution in [3.05, 3.63) is 50.6 Å². The first kappa shape index (κ1) is 14.0. The number of nitrogen functional groups attached to an aromatic ring is 1. The number of ether oxygens (including phenoxy) is 1. The number of hydrogen-bond acceptors (Lipinski definition) is 3. The zero-order valence-electron chi connectivity index (χ0n) is 9.56. The molecular weight excluding hydrogens is 381 g/mol. The lowest BCUT2D eigenvalue weighted by molar-refractivity contribution is 0.0694. The number of nitrogens with two attached hydrogens (primary N) is 1. The number of benzene rings is 2. The largest absolute Gasteiger partial charge is 0.478 e. The maximum Gasteiger partial charge on any atom is 0.339 e. The summed E-state index contributed by atoms with van der Waals surface area (Å²) in [5.74, 6) is -0.547. The van der Waals surface area contributed by atoms with Gasteiger partial charge in [-0.25, -0.2) is 4.79 Å². The molecule has 0 aliphatic rings. The first-order chi connectivity index (χ1) is 8.97. The molecule has 0 amide bonds. The maximum absolute atomic E-state index is 11.2. The minimum absolute atomic E-state index is 0.0662. The average molecular weight is 390 g/mol. The Labute approximate surface area is 128 Å². The fourth-order valence-electron chi connectivity index (χ4n) is 1.50.